The van der Waals surface area contributed by atoms with Gasteiger partial charge in [0.05, 0.1) is 0 Å². The summed E-state index contributed by atoms with van der Waals surface area (Å²) in [7, 11) is -2.78. The minimum atomic E-state index is -4.26. The standard InChI is InChI=1S/C23H25F5N8O3S2/c1-35-17(7-15(33-35)19(25)26)30-22-32-29-9-36(22)12-2-3-16-13(6-12)18(41(38,39)34-11-4-10(24)5-11)21(40-16)31-20(37)14-8-23(14,27)28/h7,9-12,14,19,34H,2-6,8H2,1H3,(H,30,32)(H,31,37)/t10?,11?,12-,14-/m0/s1. The third kappa shape index (κ3) is 5.31. The van der Waals surface area contributed by atoms with Crippen LogP contribution in [0, 0.1) is 5.92 Å². The van der Waals surface area contributed by atoms with Crippen molar-refractivity contribution in [3.05, 3.63) is 28.5 Å². The van der Waals surface area contributed by atoms with Gasteiger partial charge in [-0.3, -0.25) is 14.0 Å². The summed E-state index contributed by atoms with van der Waals surface area (Å²) in [6.45, 7) is 0. The van der Waals surface area contributed by atoms with Gasteiger partial charge in [-0.2, -0.15) is 5.10 Å². The van der Waals surface area contributed by atoms with E-state index in [1.54, 1.807) is 4.57 Å². The van der Waals surface area contributed by atoms with E-state index in [0.29, 0.717) is 23.3 Å². The second-order valence-corrected chi connectivity index (χ2v) is 13.3. The number of hydrogen-bond acceptors (Lipinski definition) is 8. The Bertz CT molecular complexity index is 1600. The fourth-order valence-corrected chi connectivity index (χ4v) is 8.43. The fourth-order valence-electron chi connectivity index (χ4n) is 5.19. The second-order valence-electron chi connectivity index (χ2n) is 10.5. The van der Waals surface area contributed by atoms with Gasteiger partial charge in [0.25, 0.3) is 12.3 Å². The molecule has 0 bridgehead atoms. The molecular weight excluding hydrogens is 595 g/mol. The van der Waals surface area contributed by atoms with Gasteiger partial charge >= 0.3 is 0 Å². The average Bonchev–Trinajstić information content (AvgIpc) is 3.25. The van der Waals surface area contributed by atoms with E-state index in [1.807, 2.05) is 0 Å². The van der Waals surface area contributed by atoms with E-state index in [4.69, 9.17) is 0 Å². The van der Waals surface area contributed by atoms with Crippen LogP contribution in [0.25, 0.3) is 0 Å². The molecule has 2 saturated carbocycles. The molecule has 3 heterocycles. The predicted octanol–water partition coefficient (Wildman–Crippen LogP) is 3.86. The van der Waals surface area contributed by atoms with Gasteiger partial charge < -0.3 is 10.6 Å². The Morgan fingerprint density at radius 3 is 2.63 bits per heavy atom. The molecule has 41 heavy (non-hydrogen) atoms. The molecule has 0 unspecified atom stereocenters. The Labute approximate surface area is 234 Å². The summed E-state index contributed by atoms with van der Waals surface area (Å²) in [5.41, 5.74) is -0.0130. The SMILES string of the molecule is Cn1nc(C(F)F)cc1Nc1nncn1[C@H]1CCc2sc(NC(=O)[C@@H]3CC3(F)F)c(S(=O)(=O)NC3CC(F)C3)c2C1. The summed E-state index contributed by atoms with van der Waals surface area (Å²) >= 11 is 1.02. The zero-order valence-corrected chi connectivity index (χ0v) is 23.1. The molecule has 3 aromatic rings. The lowest BCUT2D eigenvalue weighted by Crippen LogP contribution is -2.45. The lowest BCUT2D eigenvalue weighted by molar-refractivity contribution is -0.119. The highest BCUT2D eigenvalue weighted by Gasteiger charge is 2.61. The molecule has 222 valence electrons. The molecule has 0 spiro atoms. The summed E-state index contributed by atoms with van der Waals surface area (Å²) in [6.07, 6.45) is -1.96. The van der Waals surface area contributed by atoms with Crippen LogP contribution in [0.1, 0.15) is 54.3 Å². The number of nitrogens with one attached hydrogen (secondary N) is 3. The number of carbonyl (C=O) groups is 1. The average molecular weight is 621 g/mol. The van der Waals surface area contributed by atoms with E-state index < -0.39 is 58.5 Å². The first-order valence-corrected chi connectivity index (χ1v) is 15.1. The van der Waals surface area contributed by atoms with E-state index in [9.17, 15) is 35.2 Å². The highest BCUT2D eigenvalue weighted by Crippen LogP contribution is 2.50. The van der Waals surface area contributed by atoms with Crippen molar-refractivity contribution < 1.29 is 35.2 Å². The van der Waals surface area contributed by atoms with Crippen molar-refractivity contribution in [1.82, 2.24) is 29.3 Å². The Morgan fingerprint density at radius 2 is 2.00 bits per heavy atom. The Kier molecular flexibility index (Phi) is 6.84. The molecule has 0 aliphatic heterocycles. The van der Waals surface area contributed by atoms with Crippen molar-refractivity contribution in [2.24, 2.45) is 13.0 Å². The van der Waals surface area contributed by atoms with Crippen molar-refractivity contribution in [2.75, 3.05) is 10.6 Å². The maximum atomic E-state index is 13.6. The third-order valence-electron chi connectivity index (χ3n) is 7.57. The van der Waals surface area contributed by atoms with Gasteiger partial charge in [-0.15, -0.1) is 21.5 Å². The van der Waals surface area contributed by atoms with Crippen molar-refractivity contribution in [3.8, 4) is 0 Å². The first kappa shape index (κ1) is 28.0. The van der Waals surface area contributed by atoms with Crippen LogP contribution in [0.15, 0.2) is 17.3 Å². The zero-order chi connectivity index (χ0) is 29.3. The van der Waals surface area contributed by atoms with Gasteiger partial charge in [0, 0.05) is 36.5 Å². The Hall–Kier alpha value is -3.12. The maximum Gasteiger partial charge on any atom is 0.282 e. The quantitative estimate of drug-likeness (QED) is 0.309. The van der Waals surface area contributed by atoms with E-state index in [1.165, 1.54) is 24.1 Å². The van der Waals surface area contributed by atoms with E-state index >= 15 is 0 Å². The highest BCUT2D eigenvalue weighted by atomic mass is 32.2. The maximum absolute atomic E-state index is 13.6. The summed E-state index contributed by atoms with van der Waals surface area (Å²) in [4.78, 5) is 13.0. The number of aryl methyl sites for hydroxylation is 2. The summed E-state index contributed by atoms with van der Waals surface area (Å²) < 4.78 is 99.2. The summed E-state index contributed by atoms with van der Waals surface area (Å²) in [5, 5.41) is 17.0. The molecule has 11 nitrogen and oxygen atoms in total. The lowest BCUT2D eigenvalue weighted by atomic mass is 9.92. The molecule has 6 rings (SSSR count). The number of anilines is 3. The molecule has 3 aliphatic rings. The molecule has 3 aliphatic carbocycles. The van der Waals surface area contributed by atoms with Gasteiger partial charge in [-0.1, -0.05) is 0 Å². The number of aromatic nitrogens is 5. The number of fused-ring (bicyclic) bond motifs is 1. The van der Waals surface area contributed by atoms with Crippen molar-refractivity contribution in [3.63, 3.8) is 0 Å². The van der Waals surface area contributed by atoms with Crippen LogP contribution >= 0.6 is 11.3 Å². The molecule has 1 amide bonds. The molecule has 3 aromatic heterocycles. The Morgan fingerprint density at radius 1 is 1.27 bits per heavy atom. The van der Waals surface area contributed by atoms with Crippen molar-refractivity contribution in [2.45, 2.75) is 74.0 Å². The molecule has 0 saturated heterocycles. The van der Waals surface area contributed by atoms with Crippen LogP contribution in [0.5, 0.6) is 0 Å². The van der Waals surface area contributed by atoms with Crippen LogP contribution in [0.2, 0.25) is 0 Å². The minimum Gasteiger partial charge on any atom is -0.316 e. The largest absolute Gasteiger partial charge is 0.316 e. The highest BCUT2D eigenvalue weighted by molar-refractivity contribution is 7.90. The van der Waals surface area contributed by atoms with Gasteiger partial charge in [0.2, 0.25) is 21.9 Å². The van der Waals surface area contributed by atoms with Crippen LogP contribution in [-0.4, -0.2) is 57.0 Å². The van der Waals surface area contributed by atoms with Gasteiger partial charge in [0.15, 0.2) is 0 Å². The number of thiophene rings is 1. The van der Waals surface area contributed by atoms with Gasteiger partial charge in [-0.25, -0.2) is 35.1 Å². The molecule has 2 atom stereocenters. The fraction of sp³-hybridized carbons (Fsp3) is 0.565. The predicted molar refractivity (Wildman–Crippen MR) is 137 cm³/mol. The number of sulfonamides is 1. The smallest absolute Gasteiger partial charge is 0.282 e. The monoisotopic (exact) mass is 620 g/mol. The number of nitrogens with zero attached hydrogens (tertiary/aromatic N) is 5. The van der Waals surface area contributed by atoms with Crippen LogP contribution in [0.4, 0.5) is 38.7 Å². The van der Waals surface area contributed by atoms with Gasteiger partial charge in [0.1, 0.15) is 39.8 Å². The topological polar surface area (TPSA) is 136 Å². The van der Waals surface area contributed by atoms with Crippen LogP contribution in [0.3, 0.4) is 0 Å². The third-order valence-corrected chi connectivity index (χ3v) is 10.5. The number of amides is 1. The summed E-state index contributed by atoms with van der Waals surface area (Å²) in [6, 6.07) is 0.187. The molecule has 2 fully saturated rings. The normalized spacial score (nSPS) is 25.0. The number of alkyl halides is 5. The molecular formula is C23H25F5N8O3S2. The van der Waals surface area contributed by atoms with Crippen molar-refractivity contribution in [1.29, 1.82) is 0 Å². The molecule has 0 radical (unpaired) electrons. The number of rotatable bonds is 9. The first-order valence-electron chi connectivity index (χ1n) is 12.8. The zero-order valence-electron chi connectivity index (χ0n) is 21.5. The molecule has 18 heteroatoms. The second kappa shape index (κ2) is 10.0. The number of carbonyl (C=O) groups excluding carboxylic acids is 1. The van der Waals surface area contributed by atoms with Crippen molar-refractivity contribution >= 4 is 44.0 Å². The lowest BCUT2D eigenvalue weighted by Gasteiger charge is -2.30. The number of halogens is 5. The number of hydrogen-bond donors (Lipinski definition) is 3. The molecule has 0 aromatic carbocycles. The van der Waals surface area contributed by atoms with Gasteiger partial charge in [-0.05, 0) is 37.7 Å². The van der Waals surface area contributed by atoms with E-state index in [2.05, 4.69) is 30.7 Å². The van der Waals surface area contributed by atoms with Crippen LogP contribution < -0.4 is 15.4 Å². The first-order chi connectivity index (χ1) is 19.3. The van der Waals surface area contributed by atoms with E-state index in [-0.39, 0.29) is 47.0 Å². The summed E-state index contributed by atoms with van der Waals surface area (Å²) in [5.74, 6) is -5.16. The van der Waals surface area contributed by atoms with E-state index in [0.717, 1.165) is 11.3 Å². The Balaban J connectivity index is 1.30. The molecule has 3 N–H and O–H groups in total. The van der Waals surface area contributed by atoms with Crippen LogP contribution in [-0.2, 0) is 34.7 Å². The minimum absolute atomic E-state index is 0.0151.